The van der Waals surface area contributed by atoms with Crippen LogP contribution in [0.4, 0.5) is 15.8 Å². The SMILES string of the molecule is O=C(c1cc2cccnc2n(Cc2ccccc2F)c1=O)N(c1ccccc1)c1ccccc1. The second kappa shape index (κ2) is 9.11. The summed E-state index contributed by atoms with van der Waals surface area (Å²) in [6.07, 6.45) is 1.57. The van der Waals surface area contributed by atoms with Gasteiger partial charge in [0.15, 0.2) is 0 Å². The van der Waals surface area contributed by atoms with Crippen LogP contribution < -0.4 is 10.5 Å². The Balaban J connectivity index is 1.70. The quantitative estimate of drug-likeness (QED) is 0.353. The number of pyridine rings is 2. The summed E-state index contributed by atoms with van der Waals surface area (Å²) in [5.74, 6) is -0.902. The first-order valence-electron chi connectivity index (χ1n) is 10.8. The number of fused-ring (bicyclic) bond motifs is 1. The highest BCUT2D eigenvalue weighted by atomic mass is 19.1. The van der Waals surface area contributed by atoms with Crippen molar-refractivity contribution in [2.45, 2.75) is 6.54 Å². The number of aromatic nitrogens is 2. The van der Waals surface area contributed by atoms with Gasteiger partial charge in [-0.05, 0) is 48.5 Å². The van der Waals surface area contributed by atoms with Gasteiger partial charge in [-0.2, -0.15) is 0 Å². The van der Waals surface area contributed by atoms with Gasteiger partial charge in [0.1, 0.15) is 17.0 Å². The predicted octanol–water partition coefficient (Wildman–Crippen LogP) is 5.56. The number of halogens is 1. The molecule has 0 unspecified atom stereocenters. The molecule has 0 atom stereocenters. The van der Waals surface area contributed by atoms with Crippen LogP contribution in [0.5, 0.6) is 0 Å². The Bertz CT molecular complexity index is 1490. The molecule has 0 bridgehead atoms. The zero-order valence-corrected chi connectivity index (χ0v) is 18.1. The van der Waals surface area contributed by atoms with Gasteiger partial charge in [0.2, 0.25) is 0 Å². The number of carbonyl (C=O) groups is 1. The standard InChI is InChI=1S/C28H20FN3O2/c29-25-16-8-7-10-21(25)19-31-26-20(11-9-17-30-26)18-24(27(31)33)28(34)32(22-12-3-1-4-13-22)23-14-5-2-6-15-23/h1-18H,19H2. The minimum Gasteiger partial charge on any atom is -0.287 e. The second-order valence-corrected chi connectivity index (χ2v) is 7.77. The number of nitrogens with zero attached hydrogens (tertiary/aromatic N) is 3. The average molecular weight is 449 g/mol. The summed E-state index contributed by atoms with van der Waals surface area (Å²) in [6, 6.07) is 29.6. The van der Waals surface area contributed by atoms with E-state index in [1.807, 2.05) is 60.7 Å². The molecule has 1 amide bonds. The summed E-state index contributed by atoms with van der Waals surface area (Å²) in [6.45, 7) is -0.0448. The van der Waals surface area contributed by atoms with E-state index in [0.717, 1.165) is 0 Å². The first-order valence-corrected chi connectivity index (χ1v) is 10.8. The molecule has 0 fully saturated rings. The maximum Gasteiger partial charge on any atom is 0.268 e. The molecule has 166 valence electrons. The van der Waals surface area contributed by atoms with Gasteiger partial charge < -0.3 is 0 Å². The summed E-state index contributed by atoms with van der Waals surface area (Å²) in [5.41, 5.74) is 1.43. The highest BCUT2D eigenvalue weighted by molar-refractivity contribution is 6.11. The molecule has 5 rings (SSSR count). The van der Waals surface area contributed by atoms with Gasteiger partial charge in [-0.25, -0.2) is 9.37 Å². The number of carbonyl (C=O) groups excluding carboxylic acids is 1. The number of anilines is 2. The first kappa shape index (κ1) is 21.3. The minimum absolute atomic E-state index is 0.0236. The summed E-state index contributed by atoms with van der Waals surface area (Å²) < 4.78 is 15.8. The van der Waals surface area contributed by atoms with Crippen LogP contribution in [0.25, 0.3) is 11.0 Å². The van der Waals surface area contributed by atoms with Crippen LogP contribution in [-0.2, 0) is 6.54 Å². The fraction of sp³-hybridized carbons (Fsp3) is 0.0357. The Kier molecular flexibility index (Phi) is 5.70. The summed E-state index contributed by atoms with van der Waals surface area (Å²) in [5, 5.41) is 0.614. The number of para-hydroxylation sites is 2. The molecule has 0 aliphatic rings. The Morgan fingerprint density at radius 3 is 2.09 bits per heavy atom. The normalized spacial score (nSPS) is 10.9. The van der Waals surface area contributed by atoms with E-state index in [2.05, 4.69) is 4.98 Å². The lowest BCUT2D eigenvalue weighted by atomic mass is 10.1. The molecular weight excluding hydrogens is 429 g/mol. The van der Waals surface area contributed by atoms with Gasteiger partial charge in [-0.3, -0.25) is 19.1 Å². The summed E-state index contributed by atoms with van der Waals surface area (Å²) in [7, 11) is 0. The van der Waals surface area contributed by atoms with Gasteiger partial charge in [0.05, 0.1) is 6.54 Å². The van der Waals surface area contributed by atoms with E-state index >= 15 is 0 Å². The first-order chi connectivity index (χ1) is 16.6. The smallest absolute Gasteiger partial charge is 0.268 e. The molecule has 3 aromatic carbocycles. The van der Waals surface area contributed by atoms with E-state index in [-0.39, 0.29) is 12.1 Å². The van der Waals surface area contributed by atoms with Crippen molar-refractivity contribution in [3.63, 3.8) is 0 Å². The molecule has 5 aromatic rings. The Morgan fingerprint density at radius 2 is 1.44 bits per heavy atom. The van der Waals surface area contributed by atoms with E-state index in [0.29, 0.717) is 28.0 Å². The molecule has 2 aromatic heterocycles. The van der Waals surface area contributed by atoms with Crippen LogP contribution in [0, 0.1) is 5.82 Å². The Labute approximate surface area is 195 Å². The van der Waals surface area contributed by atoms with Crippen molar-refractivity contribution in [2.75, 3.05) is 4.90 Å². The Morgan fingerprint density at radius 1 is 0.824 bits per heavy atom. The van der Waals surface area contributed by atoms with Gasteiger partial charge >= 0.3 is 0 Å². The van der Waals surface area contributed by atoms with Crippen molar-refractivity contribution < 1.29 is 9.18 Å². The van der Waals surface area contributed by atoms with Crippen LogP contribution >= 0.6 is 0 Å². The summed E-state index contributed by atoms with van der Waals surface area (Å²) >= 11 is 0. The highest BCUT2D eigenvalue weighted by Crippen LogP contribution is 2.27. The topological polar surface area (TPSA) is 55.2 Å². The van der Waals surface area contributed by atoms with Crippen molar-refractivity contribution in [3.05, 3.63) is 137 Å². The van der Waals surface area contributed by atoms with E-state index < -0.39 is 17.3 Å². The lowest BCUT2D eigenvalue weighted by molar-refractivity contribution is 0.0997. The van der Waals surface area contributed by atoms with E-state index in [1.165, 1.54) is 15.5 Å². The number of rotatable bonds is 5. The fourth-order valence-corrected chi connectivity index (χ4v) is 3.96. The lowest BCUT2D eigenvalue weighted by Gasteiger charge is -2.23. The van der Waals surface area contributed by atoms with Crippen LogP contribution in [0.2, 0.25) is 0 Å². The minimum atomic E-state index is -0.531. The Hall–Kier alpha value is -4.58. The van der Waals surface area contributed by atoms with E-state index in [1.54, 1.807) is 42.6 Å². The molecule has 0 saturated heterocycles. The molecule has 0 saturated carbocycles. The monoisotopic (exact) mass is 449 g/mol. The number of hydrogen-bond donors (Lipinski definition) is 0. The molecule has 0 radical (unpaired) electrons. The molecule has 2 heterocycles. The molecule has 6 heteroatoms. The van der Waals surface area contributed by atoms with Crippen LogP contribution in [-0.4, -0.2) is 15.5 Å². The second-order valence-electron chi connectivity index (χ2n) is 7.77. The maximum atomic E-state index is 14.4. The van der Waals surface area contributed by atoms with Gasteiger partial charge in [-0.15, -0.1) is 0 Å². The third kappa shape index (κ3) is 3.97. The molecule has 0 N–H and O–H groups in total. The predicted molar refractivity (Wildman–Crippen MR) is 131 cm³/mol. The third-order valence-corrected chi connectivity index (χ3v) is 5.60. The highest BCUT2D eigenvalue weighted by Gasteiger charge is 2.24. The van der Waals surface area contributed by atoms with Crippen molar-refractivity contribution in [2.24, 2.45) is 0 Å². The van der Waals surface area contributed by atoms with Gasteiger partial charge in [0.25, 0.3) is 11.5 Å². The van der Waals surface area contributed by atoms with Crippen LogP contribution in [0.3, 0.4) is 0 Å². The molecule has 0 aliphatic carbocycles. The van der Waals surface area contributed by atoms with E-state index in [4.69, 9.17) is 0 Å². The zero-order valence-electron chi connectivity index (χ0n) is 18.1. The maximum absolute atomic E-state index is 14.4. The molecule has 0 aliphatic heterocycles. The van der Waals surface area contributed by atoms with Crippen LogP contribution in [0.15, 0.2) is 114 Å². The third-order valence-electron chi connectivity index (χ3n) is 5.60. The summed E-state index contributed by atoms with van der Waals surface area (Å²) in [4.78, 5) is 33.4. The number of hydrogen-bond acceptors (Lipinski definition) is 3. The largest absolute Gasteiger partial charge is 0.287 e. The van der Waals surface area contributed by atoms with Crippen molar-refractivity contribution >= 4 is 28.3 Å². The molecular formula is C28H20FN3O2. The fourth-order valence-electron chi connectivity index (χ4n) is 3.96. The average Bonchev–Trinajstić information content (AvgIpc) is 2.88. The van der Waals surface area contributed by atoms with Crippen LogP contribution in [0.1, 0.15) is 15.9 Å². The zero-order chi connectivity index (χ0) is 23.5. The lowest BCUT2D eigenvalue weighted by Crippen LogP contribution is -2.34. The van der Waals surface area contributed by atoms with Crippen molar-refractivity contribution in [1.29, 1.82) is 0 Å². The van der Waals surface area contributed by atoms with Crippen molar-refractivity contribution in [1.82, 2.24) is 9.55 Å². The van der Waals surface area contributed by atoms with Gasteiger partial charge in [0, 0.05) is 28.5 Å². The number of amides is 1. The van der Waals surface area contributed by atoms with Gasteiger partial charge in [-0.1, -0.05) is 54.6 Å². The molecule has 34 heavy (non-hydrogen) atoms. The van der Waals surface area contributed by atoms with Crippen molar-refractivity contribution in [3.8, 4) is 0 Å². The number of benzene rings is 3. The molecule has 5 nitrogen and oxygen atoms in total. The van der Waals surface area contributed by atoms with E-state index in [9.17, 15) is 14.0 Å². The molecule has 0 spiro atoms.